The van der Waals surface area contributed by atoms with E-state index in [1.165, 1.54) is 17.8 Å². The summed E-state index contributed by atoms with van der Waals surface area (Å²) in [5.74, 6) is -0.103. The molecule has 9 heavy (non-hydrogen) atoms. The zero-order chi connectivity index (χ0) is 6.69. The van der Waals surface area contributed by atoms with Crippen molar-refractivity contribution in [3.8, 4) is 0 Å². The van der Waals surface area contributed by atoms with Gasteiger partial charge in [-0.1, -0.05) is 6.08 Å². The molecule has 2 heteroatoms. The maximum Gasteiger partial charge on any atom is 0.132 e. The molecule has 0 fully saturated rings. The van der Waals surface area contributed by atoms with Gasteiger partial charge in [0.2, 0.25) is 0 Å². The molecule has 1 aliphatic rings. The zero-order valence-electron chi connectivity index (χ0n) is 5.23. The van der Waals surface area contributed by atoms with E-state index in [2.05, 4.69) is 0 Å². The van der Waals surface area contributed by atoms with Gasteiger partial charge in [0.1, 0.15) is 5.83 Å². The lowest BCUT2D eigenvalue weighted by molar-refractivity contribution is 0.657. The number of thioether (sulfide) groups is 1. The van der Waals surface area contributed by atoms with E-state index in [9.17, 15) is 4.39 Å². The quantitative estimate of drug-likeness (QED) is 0.544. The van der Waals surface area contributed by atoms with Gasteiger partial charge in [-0.15, -0.1) is 11.8 Å². The van der Waals surface area contributed by atoms with Gasteiger partial charge < -0.3 is 0 Å². The molecule has 0 N–H and O–H groups in total. The molecule has 0 aromatic rings. The van der Waals surface area contributed by atoms with Crippen molar-refractivity contribution in [3.05, 3.63) is 29.3 Å². The Kier molecular flexibility index (Phi) is 2.34. The number of allylic oxidation sites excluding steroid dienone is 3. The Bertz CT molecular complexity index is 158. The molecular weight excluding hydrogens is 135 g/mol. The standard InChI is InChI=1S/C7H8FS/c1-9-7-5-3-2-4-6(7)8/h2,4-5H,3H2,1H3. The average molecular weight is 143 g/mol. The lowest BCUT2D eigenvalue weighted by Crippen LogP contribution is -1.85. The zero-order valence-corrected chi connectivity index (χ0v) is 6.04. The minimum absolute atomic E-state index is 0.103. The van der Waals surface area contributed by atoms with Crippen molar-refractivity contribution >= 4 is 11.8 Å². The van der Waals surface area contributed by atoms with Gasteiger partial charge in [-0.25, -0.2) is 4.39 Å². The molecule has 0 saturated heterocycles. The molecule has 0 aliphatic heterocycles. The molecule has 1 radical (unpaired) electrons. The van der Waals surface area contributed by atoms with E-state index in [4.69, 9.17) is 0 Å². The maximum absolute atomic E-state index is 12.6. The van der Waals surface area contributed by atoms with Crippen LogP contribution in [-0.4, -0.2) is 6.26 Å². The van der Waals surface area contributed by atoms with Gasteiger partial charge in [0, 0.05) is 4.91 Å². The highest BCUT2D eigenvalue weighted by atomic mass is 32.2. The molecule has 1 rings (SSSR count). The molecule has 0 aromatic carbocycles. The molecule has 49 valence electrons. The summed E-state index contributed by atoms with van der Waals surface area (Å²) < 4.78 is 12.6. The number of halogens is 1. The van der Waals surface area contributed by atoms with Crippen molar-refractivity contribution in [3.63, 3.8) is 0 Å². The minimum Gasteiger partial charge on any atom is -0.206 e. The van der Waals surface area contributed by atoms with Gasteiger partial charge in [0.05, 0.1) is 0 Å². The Balaban J connectivity index is 2.68. The van der Waals surface area contributed by atoms with Crippen molar-refractivity contribution in [2.75, 3.05) is 6.26 Å². The molecular formula is C7H8FS. The smallest absolute Gasteiger partial charge is 0.132 e. The number of rotatable bonds is 1. The second kappa shape index (κ2) is 3.06. The summed E-state index contributed by atoms with van der Waals surface area (Å²) in [5.41, 5.74) is 0. The third kappa shape index (κ3) is 1.58. The molecule has 0 bridgehead atoms. The largest absolute Gasteiger partial charge is 0.206 e. The number of hydrogen-bond acceptors (Lipinski definition) is 1. The summed E-state index contributed by atoms with van der Waals surface area (Å²) in [7, 11) is 0. The lowest BCUT2D eigenvalue weighted by atomic mass is 10.2. The van der Waals surface area contributed by atoms with Gasteiger partial charge in [0.25, 0.3) is 0 Å². The summed E-state index contributed by atoms with van der Waals surface area (Å²) in [5, 5.41) is 0. The molecule has 0 heterocycles. The molecule has 0 aromatic heterocycles. The summed E-state index contributed by atoms with van der Waals surface area (Å²) in [6, 6.07) is 0. The van der Waals surface area contributed by atoms with Crippen molar-refractivity contribution in [1.82, 2.24) is 0 Å². The summed E-state index contributed by atoms with van der Waals surface area (Å²) >= 11 is 1.45. The second-order valence-corrected chi connectivity index (χ2v) is 2.61. The fourth-order valence-corrected chi connectivity index (χ4v) is 1.23. The van der Waals surface area contributed by atoms with E-state index in [1.54, 1.807) is 0 Å². The van der Waals surface area contributed by atoms with Gasteiger partial charge in [-0.3, -0.25) is 0 Å². The fourth-order valence-electron chi connectivity index (χ4n) is 0.707. The van der Waals surface area contributed by atoms with Gasteiger partial charge in [-0.2, -0.15) is 0 Å². The predicted molar refractivity (Wildman–Crippen MR) is 39.7 cm³/mol. The van der Waals surface area contributed by atoms with E-state index < -0.39 is 0 Å². The minimum atomic E-state index is -0.103. The van der Waals surface area contributed by atoms with Crippen LogP contribution in [0.25, 0.3) is 0 Å². The summed E-state index contributed by atoms with van der Waals surface area (Å²) in [4.78, 5) is 0.762. The monoisotopic (exact) mass is 143 g/mol. The summed E-state index contributed by atoms with van der Waals surface area (Å²) in [6.07, 6.45) is 7.97. The van der Waals surface area contributed by atoms with Crippen LogP contribution < -0.4 is 0 Å². The molecule has 0 saturated carbocycles. The van der Waals surface area contributed by atoms with Crippen LogP contribution in [0.2, 0.25) is 0 Å². The highest BCUT2D eigenvalue weighted by molar-refractivity contribution is 8.02. The van der Waals surface area contributed by atoms with E-state index in [1.807, 2.05) is 18.8 Å². The maximum atomic E-state index is 12.6. The second-order valence-electron chi connectivity index (χ2n) is 1.76. The normalized spacial score (nSPS) is 18.9. The molecule has 0 amide bonds. The van der Waals surface area contributed by atoms with Crippen LogP contribution in [0.4, 0.5) is 4.39 Å². The van der Waals surface area contributed by atoms with Crippen LogP contribution in [0.1, 0.15) is 6.42 Å². The van der Waals surface area contributed by atoms with Crippen LogP contribution in [0.5, 0.6) is 0 Å². The van der Waals surface area contributed by atoms with Crippen molar-refractivity contribution in [1.29, 1.82) is 0 Å². The van der Waals surface area contributed by atoms with Crippen molar-refractivity contribution in [2.24, 2.45) is 0 Å². The Hall–Kier alpha value is -0.240. The molecule has 0 spiro atoms. The Morgan fingerprint density at radius 1 is 1.67 bits per heavy atom. The van der Waals surface area contributed by atoms with E-state index in [-0.39, 0.29) is 5.83 Å². The lowest BCUT2D eigenvalue weighted by Gasteiger charge is -2.04. The van der Waals surface area contributed by atoms with Crippen LogP contribution in [0.3, 0.4) is 0 Å². The molecule has 0 atom stereocenters. The van der Waals surface area contributed by atoms with E-state index in [0.29, 0.717) is 0 Å². The highest BCUT2D eigenvalue weighted by Crippen LogP contribution is 2.26. The van der Waals surface area contributed by atoms with Gasteiger partial charge >= 0.3 is 0 Å². The van der Waals surface area contributed by atoms with Crippen molar-refractivity contribution in [2.45, 2.75) is 6.42 Å². The van der Waals surface area contributed by atoms with Crippen LogP contribution in [-0.2, 0) is 0 Å². The Morgan fingerprint density at radius 3 is 2.89 bits per heavy atom. The first-order chi connectivity index (χ1) is 4.34. The Labute approximate surface area is 58.8 Å². The average Bonchev–Trinajstić information content (AvgIpc) is 1.89. The first-order valence-corrected chi connectivity index (χ1v) is 4.00. The Morgan fingerprint density at radius 2 is 2.44 bits per heavy atom. The van der Waals surface area contributed by atoms with E-state index in [0.717, 1.165) is 11.3 Å². The SMILES string of the molecule is CSC1=CC[CH]C=C1F. The van der Waals surface area contributed by atoms with Crippen molar-refractivity contribution < 1.29 is 4.39 Å². The number of hydrogen-bond donors (Lipinski definition) is 0. The third-order valence-corrected chi connectivity index (χ3v) is 1.96. The highest BCUT2D eigenvalue weighted by Gasteiger charge is 2.05. The van der Waals surface area contributed by atoms with Crippen LogP contribution in [0.15, 0.2) is 22.9 Å². The predicted octanol–water partition coefficient (Wildman–Crippen LogP) is 2.69. The van der Waals surface area contributed by atoms with E-state index >= 15 is 0 Å². The molecule has 0 unspecified atom stereocenters. The first kappa shape index (κ1) is 6.87. The molecule has 1 aliphatic carbocycles. The molecule has 0 nitrogen and oxygen atoms in total. The summed E-state index contributed by atoms with van der Waals surface area (Å²) in [6.45, 7) is 0. The fraction of sp³-hybridized carbons (Fsp3) is 0.286. The topological polar surface area (TPSA) is 0 Å². The van der Waals surface area contributed by atoms with Crippen LogP contribution in [0, 0.1) is 6.42 Å². The first-order valence-electron chi connectivity index (χ1n) is 2.78. The van der Waals surface area contributed by atoms with Gasteiger partial charge in [0.15, 0.2) is 0 Å². The van der Waals surface area contributed by atoms with Gasteiger partial charge in [-0.05, 0) is 25.2 Å². The van der Waals surface area contributed by atoms with Crippen LogP contribution >= 0.6 is 11.8 Å². The third-order valence-electron chi connectivity index (χ3n) is 1.16.